The summed E-state index contributed by atoms with van der Waals surface area (Å²) < 4.78 is 7.68. The molecule has 0 aliphatic carbocycles. The van der Waals surface area contributed by atoms with E-state index in [2.05, 4.69) is 69.0 Å². The number of para-hydroxylation sites is 2. The zero-order valence-electron chi connectivity index (χ0n) is 18.4. The molecule has 0 radical (unpaired) electrons. The zero-order valence-corrected chi connectivity index (χ0v) is 18.4. The smallest absolute Gasteiger partial charge is 0.250 e. The Morgan fingerprint density at radius 3 is 2.62 bits per heavy atom. The first kappa shape index (κ1) is 20.5. The fraction of sp³-hybridized carbons (Fsp3) is 0.308. The average Bonchev–Trinajstić information content (AvgIpc) is 3.21. The SMILES string of the molecule is Cc1c(Cc2ccccc2)c(NCCN2CCOCC2)[n+]2c([nH]c3ccccc32)c1C#N. The Morgan fingerprint density at radius 2 is 1.84 bits per heavy atom. The normalized spacial score (nSPS) is 14.6. The van der Waals surface area contributed by atoms with Gasteiger partial charge in [0, 0.05) is 31.6 Å². The standard InChI is InChI=1S/C26H27N5O/c1-19-21(17-20-7-3-2-4-8-20)25(28-11-12-30-13-15-32-16-14-30)31-24-10-6-5-9-23(24)29-26(31)22(19)18-27/h2-10H,11-17H2,1H3,(H,28,29)/p+1. The summed E-state index contributed by atoms with van der Waals surface area (Å²) in [6.45, 7) is 7.40. The number of aromatic amines is 1. The molecule has 2 aromatic heterocycles. The van der Waals surface area contributed by atoms with Crippen molar-refractivity contribution in [3.8, 4) is 6.07 Å². The van der Waals surface area contributed by atoms with E-state index in [1.807, 2.05) is 18.2 Å². The van der Waals surface area contributed by atoms with E-state index in [-0.39, 0.29) is 0 Å². The predicted molar refractivity (Wildman–Crippen MR) is 126 cm³/mol. The van der Waals surface area contributed by atoms with Crippen molar-refractivity contribution >= 4 is 22.5 Å². The van der Waals surface area contributed by atoms with Crippen LogP contribution in [-0.4, -0.2) is 49.3 Å². The van der Waals surface area contributed by atoms with Crippen LogP contribution in [-0.2, 0) is 11.2 Å². The minimum absolute atomic E-state index is 0.700. The Hall–Kier alpha value is -3.40. The summed E-state index contributed by atoms with van der Waals surface area (Å²) >= 11 is 0. The van der Waals surface area contributed by atoms with Crippen molar-refractivity contribution in [3.05, 3.63) is 76.9 Å². The minimum atomic E-state index is 0.700. The lowest BCUT2D eigenvalue weighted by Gasteiger charge is -2.26. The number of nitrogens with zero attached hydrogens (tertiary/aromatic N) is 3. The van der Waals surface area contributed by atoms with Gasteiger partial charge in [-0.25, -0.2) is 0 Å². The second-order valence-corrected chi connectivity index (χ2v) is 8.31. The van der Waals surface area contributed by atoms with Crippen LogP contribution in [0, 0.1) is 18.3 Å². The molecule has 2 aromatic carbocycles. The highest BCUT2D eigenvalue weighted by Crippen LogP contribution is 2.27. The molecule has 0 unspecified atom stereocenters. The fourth-order valence-electron chi connectivity index (χ4n) is 4.62. The number of H-pyrrole nitrogens is 1. The van der Waals surface area contributed by atoms with Gasteiger partial charge in [-0.05, 0) is 30.2 Å². The first-order chi connectivity index (χ1) is 15.8. The molecule has 1 aliphatic rings. The molecule has 0 bridgehead atoms. The Bertz CT molecular complexity index is 1280. The van der Waals surface area contributed by atoms with Gasteiger partial charge in [-0.2, -0.15) is 9.66 Å². The van der Waals surface area contributed by atoms with Gasteiger partial charge >= 0.3 is 0 Å². The maximum absolute atomic E-state index is 10.0. The third kappa shape index (κ3) is 3.81. The van der Waals surface area contributed by atoms with Crippen LogP contribution < -0.4 is 9.72 Å². The first-order valence-electron chi connectivity index (χ1n) is 11.2. The molecule has 0 atom stereocenters. The van der Waals surface area contributed by atoms with Crippen LogP contribution in [0.5, 0.6) is 0 Å². The summed E-state index contributed by atoms with van der Waals surface area (Å²) in [5.74, 6) is 1.06. The summed E-state index contributed by atoms with van der Waals surface area (Å²) in [5.41, 5.74) is 7.06. The Kier molecular flexibility index (Phi) is 5.76. The molecule has 0 amide bonds. The molecule has 6 nitrogen and oxygen atoms in total. The Labute approximate surface area is 188 Å². The number of imidazole rings is 1. The summed E-state index contributed by atoms with van der Waals surface area (Å²) in [7, 11) is 0. The quantitative estimate of drug-likeness (QED) is 0.464. The zero-order chi connectivity index (χ0) is 21.9. The first-order valence-corrected chi connectivity index (χ1v) is 11.2. The molecule has 0 spiro atoms. The van der Waals surface area contributed by atoms with Gasteiger partial charge < -0.3 is 10.1 Å². The van der Waals surface area contributed by atoms with Gasteiger partial charge in [0.15, 0.2) is 0 Å². The number of pyridine rings is 1. The van der Waals surface area contributed by atoms with E-state index in [1.54, 1.807) is 0 Å². The molecule has 1 fully saturated rings. The lowest BCUT2D eigenvalue weighted by molar-refractivity contribution is -0.465. The number of hydrogen-bond acceptors (Lipinski definition) is 4. The highest BCUT2D eigenvalue weighted by molar-refractivity contribution is 5.78. The lowest BCUT2D eigenvalue weighted by Crippen LogP contribution is -2.40. The number of aromatic nitrogens is 2. The maximum Gasteiger partial charge on any atom is 0.250 e. The van der Waals surface area contributed by atoms with Crippen molar-refractivity contribution in [3.63, 3.8) is 0 Å². The van der Waals surface area contributed by atoms with E-state index < -0.39 is 0 Å². The van der Waals surface area contributed by atoms with Crippen molar-refractivity contribution in [1.29, 1.82) is 5.26 Å². The summed E-state index contributed by atoms with van der Waals surface area (Å²) in [6, 6.07) is 21.2. The van der Waals surface area contributed by atoms with Crippen molar-refractivity contribution in [2.24, 2.45) is 0 Å². The van der Waals surface area contributed by atoms with Crippen molar-refractivity contribution < 1.29 is 9.14 Å². The maximum atomic E-state index is 10.0. The number of nitriles is 1. The van der Waals surface area contributed by atoms with Gasteiger partial charge in [-0.3, -0.25) is 9.88 Å². The van der Waals surface area contributed by atoms with Gasteiger partial charge in [0.2, 0.25) is 11.5 Å². The van der Waals surface area contributed by atoms with Crippen molar-refractivity contribution in [2.75, 3.05) is 44.7 Å². The van der Waals surface area contributed by atoms with E-state index in [9.17, 15) is 5.26 Å². The molecule has 1 saturated heterocycles. The third-order valence-corrected chi connectivity index (χ3v) is 6.36. The largest absolute Gasteiger partial charge is 0.379 e. The van der Waals surface area contributed by atoms with E-state index >= 15 is 0 Å². The second-order valence-electron chi connectivity index (χ2n) is 8.31. The summed E-state index contributed by atoms with van der Waals surface area (Å²) in [4.78, 5) is 5.91. The van der Waals surface area contributed by atoms with Gasteiger partial charge in [-0.15, -0.1) is 0 Å². The van der Waals surface area contributed by atoms with E-state index in [1.165, 1.54) is 5.56 Å². The van der Waals surface area contributed by atoms with Crippen molar-refractivity contribution in [1.82, 2.24) is 9.88 Å². The van der Waals surface area contributed by atoms with Gasteiger partial charge in [-0.1, -0.05) is 42.5 Å². The summed E-state index contributed by atoms with van der Waals surface area (Å²) in [6.07, 6.45) is 0.768. The average molecular weight is 427 g/mol. The molecular weight excluding hydrogens is 398 g/mol. The fourth-order valence-corrected chi connectivity index (χ4v) is 4.62. The highest BCUT2D eigenvalue weighted by Gasteiger charge is 2.26. The molecule has 0 saturated carbocycles. The Morgan fingerprint density at radius 1 is 1.09 bits per heavy atom. The number of fused-ring (bicyclic) bond motifs is 3. The van der Waals surface area contributed by atoms with Crippen LogP contribution in [0.3, 0.4) is 0 Å². The molecular formula is C26H28N5O+. The highest BCUT2D eigenvalue weighted by atomic mass is 16.5. The summed E-state index contributed by atoms with van der Waals surface area (Å²) in [5, 5.41) is 13.8. The Balaban J connectivity index is 1.63. The molecule has 162 valence electrons. The van der Waals surface area contributed by atoms with Crippen LogP contribution in [0.4, 0.5) is 5.82 Å². The van der Waals surface area contributed by atoms with Crippen LogP contribution in [0.1, 0.15) is 22.3 Å². The number of rotatable bonds is 6. The minimum Gasteiger partial charge on any atom is -0.379 e. The third-order valence-electron chi connectivity index (χ3n) is 6.36. The topological polar surface area (TPSA) is 68.2 Å². The van der Waals surface area contributed by atoms with Crippen LogP contribution in [0.2, 0.25) is 0 Å². The monoisotopic (exact) mass is 426 g/mol. The van der Waals surface area contributed by atoms with E-state index in [4.69, 9.17) is 4.74 Å². The number of nitrogens with one attached hydrogen (secondary N) is 2. The van der Waals surface area contributed by atoms with Gasteiger partial charge in [0.25, 0.3) is 0 Å². The van der Waals surface area contributed by atoms with E-state index in [0.717, 1.165) is 79.4 Å². The van der Waals surface area contributed by atoms with Crippen LogP contribution in [0.25, 0.3) is 16.7 Å². The predicted octanol–water partition coefficient (Wildman–Crippen LogP) is 3.42. The molecule has 5 rings (SSSR count). The molecule has 3 heterocycles. The molecule has 2 N–H and O–H groups in total. The lowest BCUT2D eigenvalue weighted by atomic mass is 9.98. The van der Waals surface area contributed by atoms with Gasteiger partial charge in [0.1, 0.15) is 22.7 Å². The number of ether oxygens (including phenoxy) is 1. The molecule has 6 heteroatoms. The number of benzene rings is 2. The van der Waals surface area contributed by atoms with Crippen LogP contribution >= 0.6 is 0 Å². The molecule has 1 aliphatic heterocycles. The van der Waals surface area contributed by atoms with Crippen molar-refractivity contribution in [2.45, 2.75) is 13.3 Å². The molecule has 32 heavy (non-hydrogen) atoms. The number of anilines is 1. The number of hydrogen-bond donors (Lipinski definition) is 2. The van der Waals surface area contributed by atoms with Gasteiger partial charge in [0.05, 0.1) is 19.8 Å². The molecule has 4 aromatic rings. The van der Waals surface area contributed by atoms with E-state index in [0.29, 0.717) is 5.56 Å². The second kappa shape index (κ2) is 8.99. The number of morpholine rings is 1. The van der Waals surface area contributed by atoms with Crippen LogP contribution in [0.15, 0.2) is 54.6 Å².